The number of hydrogen-bond donors (Lipinski definition) is 0. The molecule has 0 spiro atoms. The monoisotopic (exact) mass is 199 g/mol. The molecule has 1 atom stereocenters. The van der Waals surface area contributed by atoms with Crippen molar-refractivity contribution in [2.45, 2.75) is 63.9 Å². The highest BCUT2D eigenvalue weighted by Gasteiger charge is 2.13. The second kappa shape index (κ2) is 8.25. The van der Waals surface area contributed by atoms with Crippen molar-refractivity contribution in [3.8, 4) is 0 Å². The van der Waals surface area contributed by atoms with Crippen molar-refractivity contribution < 1.29 is 9.84 Å². The second-order valence-corrected chi connectivity index (χ2v) is 4.25. The normalized spacial score (nSPS) is 21.6. The fraction of sp³-hybridized carbons (Fsp3) is 1.00. The first-order chi connectivity index (χ1) is 6.93. The maximum Gasteiger partial charge on any atom is 0.0822 e. The molecule has 2 nitrogen and oxygen atoms in total. The summed E-state index contributed by atoms with van der Waals surface area (Å²) in [4.78, 5) is 0. The van der Waals surface area contributed by atoms with Gasteiger partial charge in [0.05, 0.1) is 12.7 Å². The zero-order chi connectivity index (χ0) is 10.1. The van der Waals surface area contributed by atoms with Crippen LogP contribution in [0.1, 0.15) is 57.8 Å². The highest BCUT2D eigenvalue weighted by Crippen LogP contribution is 2.18. The summed E-state index contributed by atoms with van der Waals surface area (Å²) >= 11 is 0. The van der Waals surface area contributed by atoms with Gasteiger partial charge in [0.15, 0.2) is 0 Å². The van der Waals surface area contributed by atoms with Crippen molar-refractivity contribution in [2.75, 3.05) is 13.2 Å². The SMILES string of the molecule is [O]CCCCCCCCC1CCCO1. The van der Waals surface area contributed by atoms with E-state index < -0.39 is 0 Å². The lowest BCUT2D eigenvalue weighted by atomic mass is 10.1. The van der Waals surface area contributed by atoms with Crippen LogP contribution in [-0.2, 0) is 9.84 Å². The standard InChI is InChI=1S/C12H23O2/c13-10-6-4-2-1-3-5-8-12-9-7-11-14-12/h12H,1-11H2. The van der Waals surface area contributed by atoms with E-state index in [1.54, 1.807) is 0 Å². The molecule has 0 N–H and O–H groups in total. The Morgan fingerprint density at radius 1 is 1.00 bits per heavy atom. The minimum atomic E-state index is 0.107. The summed E-state index contributed by atoms with van der Waals surface area (Å²) in [5.74, 6) is 0. The van der Waals surface area contributed by atoms with Gasteiger partial charge in [0.2, 0.25) is 0 Å². The summed E-state index contributed by atoms with van der Waals surface area (Å²) < 4.78 is 5.56. The molecule has 1 fully saturated rings. The lowest BCUT2D eigenvalue weighted by molar-refractivity contribution is 0.102. The average molecular weight is 199 g/mol. The van der Waals surface area contributed by atoms with Crippen LogP contribution >= 0.6 is 0 Å². The van der Waals surface area contributed by atoms with Crippen LogP contribution in [0.25, 0.3) is 0 Å². The zero-order valence-corrected chi connectivity index (χ0v) is 9.17. The Hall–Kier alpha value is -0.0800. The lowest BCUT2D eigenvalue weighted by Gasteiger charge is -2.08. The average Bonchev–Trinajstić information content (AvgIpc) is 2.69. The summed E-state index contributed by atoms with van der Waals surface area (Å²) in [7, 11) is 0. The fourth-order valence-electron chi connectivity index (χ4n) is 2.05. The summed E-state index contributed by atoms with van der Waals surface area (Å²) in [6.45, 7) is 1.09. The van der Waals surface area contributed by atoms with E-state index >= 15 is 0 Å². The minimum absolute atomic E-state index is 0.107. The molecular weight excluding hydrogens is 176 g/mol. The molecule has 0 aromatic carbocycles. The largest absolute Gasteiger partial charge is 0.378 e. The molecule has 0 bridgehead atoms. The van der Waals surface area contributed by atoms with Gasteiger partial charge >= 0.3 is 0 Å². The van der Waals surface area contributed by atoms with E-state index in [0.717, 1.165) is 19.4 Å². The van der Waals surface area contributed by atoms with Gasteiger partial charge in [0.1, 0.15) is 0 Å². The van der Waals surface area contributed by atoms with Crippen molar-refractivity contribution >= 4 is 0 Å². The predicted octanol–water partition coefficient (Wildman–Crippen LogP) is 3.33. The van der Waals surface area contributed by atoms with E-state index in [0.29, 0.717) is 6.10 Å². The van der Waals surface area contributed by atoms with Gasteiger partial charge in [-0.3, -0.25) is 0 Å². The second-order valence-electron chi connectivity index (χ2n) is 4.25. The summed E-state index contributed by atoms with van der Waals surface area (Å²) in [5.41, 5.74) is 0. The first kappa shape index (κ1) is 12.0. The van der Waals surface area contributed by atoms with Crippen molar-refractivity contribution in [2.24, 2.45) is 0 Å². The van der Waals surface area contributed by atoms with Crippen LogP contribution in [0.15, 0.2) is 0 Å². The van der Waals surface area contributed by atoms with Crippen LogP contribution in [0.4, 0.5) is 0 Å². The lowest BCUT2D eigenvalue weighted by Crippen LogP contribution is -2.03. The highest BCUT2D eigenvalue weighted by atomic mass is 16.5. The Kier molecular flexibility index (Phi) is 7.06. The highest BCUT2D eigenvalue weighted by molar-refractivity contribution is 4.64. The fourth-order valence-corrected chi connectivity index (χ4v) is 2.05. The number of hydrogen-bond acceptors (Lipinski definition) is 1. The van der Waals surface area contributed by atoms with Crippen LogP contribution < -0.4 is 0 Å². The van der Waals surface area contributed by atoms with Crippen molar-refractivity contribution in [1.29, 1.82) is 0 Å². The van der Waals surface area contributed by atoms with Gasteiger partial charge in [-0.15, -0.1) is 0 Å². The molecule has 1 aliphatic rings. The molecule has 1 heterocycles. The maximum absolute atomic E-state index is 10.2. The van der Waals surface area contributed by atoms with Crippen LogP contribution in [0.3, 0.4) is 0 Å². The van der Waals surface area contributed by atoms with Gasteiger partial charge in [-0.25, -0.2) is 5.11 Å². The van der Waals surface area contributed by atoms with E-state index in [1.165, 1.54) is 44.9 Å². The van der Waals surface area contributed by atoms with Crippen LogP contribution in [0.5, 0.6) is 0 Å². The van der Waals surface area contributed by atoms with E-state index in [1.807, 2.05) is 0 Å². The van der Waals surface area contributed by atoms with Crippen molar-refractivity contribution in [3.05, 3.63) is 0 Å². The Balaban J connectivity index is 1.75. The summed E-state index contributed by atoms with van der Waals surface area (Å²) in [5, 5.41) is 10.2. The molecule has 1 rings (SSSR count). The van der Waals surface area contributed by atoms with Crippen LogP contribution in [-0.4, -0.2) is 19.3 Å². The molecule has 1 aliphatic heterocycles. The quantitative estimate of drug-likeness (QED) is 0.551. The van der Waals surface area contributed by atoms with E-state index in [2.05, 4.69) is 0 Å². The number of unbranched alkanes of at least 4 members (excludes halogenated alkanes) is 5. The molecule has 1 saturated heterocycles. The van der Waals surface area contributed by atoms with Crippen LogP contribution in [0.2, 0.25) is 0 Å². The minimum Gasteiger partial charge on any atom is -0.378 e. The molecule has 0 amide bonds. The van der Waals surface area contributed by atoms with Gasteiger partial charge < -0.3 is 4.74 Å². The van der Waals surface area contributed by atoms with E-state index in [4.69, 9.17) is 4.74 Å². The molecule has 0 aromatic rings. The summed E-state index contributed by atoms with van der Waals surface area (Å²) in [6.07, 6.45) is 11.5. The molecule has 0 saturated carbocycles. The Morgan fingerprint density at radius 2 is 1.71 bits per heavy atom. The van der Waals surface area contributed by atoms with Gasteiger partial charge in [-0.1, -0.05) is 32.1 Å². The Labute approximate surface area is 87.7 Å². The van der Waals surface area contributed by atoms with Gasteiger partial charge in [0, 0.05) is 6.61 Å². The Bertz CT molecular complexity index is 119. The third-order valence-electron chi connectivity index (χ3n) is 2.94. The molecule has 0 aromatic heterocycles. The Morgan fingerprint density at radius 3 is 2.36 bits per heavy atom. The van der Waals surface area contributed by atoms with Crippen LogP contribution in [0, 0.1) is 0 Å². The summed E-state index contributed by atoms with van der Waals surface area (Å²) in [6, 6.07) is 0. The third kappa shape index (κ3) is 5.61. The topological polar surface area (TPSA) is 29.1 Å². The van der Waals surface area contributed by atoms with E-state index in [-0.39, 0.29) is 6.61 Å². The molecule has 1 unspecified atom stereocenters. The third-order valence-corrected chi connectivity index (χ3v) is 2.94. The maximum atomic E-state index is 10.2. The van der Waals surface area contributed by atoms with Gasteiger partial charge in [0.25, 0.3) is 0 Å². The smallest absolute Gasteiger partial charge is 0.0822 e. The zero-order valence-electron chi connectivity index (χ0n) is 9.17. The first-order valence-corrected chi connectivity index (χ1v) is 6.13. The van der Waals surface area contributed by atoms with Crippen molar-refractivity contribution in [1.82, 2.24) is 0 Å². The molecular formula is C12H23O2. The molecule has 83 valence electrons. The number of rotatable bonds is 8. The molecule has 2 heteroatoms. The van der Waals surface area contributed by atoms with Gasteiger partial charge in [-0.2, -0.15) is 0 Å². The number of ether oxygens (including phenoxy) is 1. The molecule has 0 aliphatic carbocycles. The van der Waals surface area contributed by atoms with Crippen molar-refractivity contribution in [3.63, 3.8) is 0 Å². The molecule has 1 radical (unpaired) electrons. The predicted molar refractivity (Wildman–Crippen MR) is 56.8 cm³/mol. The van der Waals surface area contributed by atoms with Gasteiger partial charge in [-0.05, 0) is 25.7 Å². The first-order valence-electron chi connectivity index (χ1n) is 6.13. The van der Waals surface area contributed by atoms with E-state index in [9.17, 15) is 5.11 Å². The molecule has 14 heavy (non-hydrogen) atoms.